The number of carbonyl (C=O) groups is 1. The van der Waals surface area contributed by atoms with Crippen molar-refractivity contribution in [3.63, 3.8) is 0 Å². The highest BCUT2D eigenvalue weighted by molar-refractivity contribution is 5.91. The fourth-order valence-electron chi connectivity index (χ4n) is 2.06. The van der Waals surface area contributed by atoms with Crippen LogP contribution < -0.4 is 4.74 Å². The second-order valence-electron chi connectivity index (χ2n) is 5.05. The maximum Gasteiger partial charge on any atom is 0.343 e. The van der Waals surface area contributed by atoms with Gasteiger partial charge in [-0.1, -0.05) is 24.3 Å². The highest BCUT2D eigenvalue weighted by Gasteiger charge is 2.08. The first-order valence-electron chi connectivity index (χ1n) is 7.38. The Morgan fingerprint density at radius 2 is 1.67 bits per heavy atom. The zero-order valence-electron chi connectivity index (χ0n) is 12.7. The number of nitrogens with zero attached hydrogens (tertiary/aromatic N) is 1. The van der Waals surface area contributed by atoms with Gasteiger partial charge in [-0.2, -0.15) is 0 Å². The molecule has 1 heterocycles. The van der Waals surface area contributed by atoms with E-state index in [0.717, 1.165) is 11.3 Å². The van der Waals surface area contributed by atoms with Crippen LogP contribution in [-0.2, 0) is 0 Å². The molecular formula is C20H14FNO2. The summed E-state index contributed by atoms with van der Waals surface area (Å²) in [6.07, 6.45) is 5.56. The summed E-state index contributed by atoms with van der Waals surface area (Å²) in [5.74, 6) is -0.485. The highest BCUT2D eigenvalue weighted by atomic mass is 19.1. The van der Waals surface area contributed by atoms with Crippen LogP contribution in [0, 0.1) is 5.82 Å². The predicted octanol–water partition coefficient (Wildman–Crippen LogP) is 4.61. The summed E-state index contributed by atoms with van der Waals surface area (Å²) < 4.78 is 18.1. The molecule has 0 amide bonds. The lowest BCUT2D eigenvalue weighted by Crippen LogP contribution is -2.08. The summed E-state index contributed by atoms with van der Waals surface area (Å²) in [6.45, 7) is 0. The molecule has 0 N–H and O–H groups in total. The Hall–Kier alpha value is -3.27. The van der Waals surface area contributed by atoms with E-state index in [1.165, 1.54) is 24.3 Å². The molecule has 4 heteroatoms. The Bertz CT molecular complexity index is 841. The second-order valence-corrected chi connectivity index (χ2v) is 5.05. The van der Waals surface area contributed by atoms with Crippen LogP contribution in [0.4, 0.5) is 4.39 Å². The predicted molar refractivity (Wildman–Crippen MR) is 91.0 cm³/mol. The van der Waals surface area contributed by atoms with Crippen LogP contribution in [0.3, 0.4) is 0 Å². The fourth-order valence-corrected chi connectivity index (χ4v) is 2.06. The average molecular weight is 319 g/mol. The Balaban J connectivity index is 1.65. The van der Waals surface area contributed by atoms with Crippen LogP contribution in [0.5, 0.6) is 5.75 Å². The van der Waals surface area contributed by atoms with Crippen LogP contribution in [0.2, 0.25) is 0 Å². The fraction of sp³-hybridized carbons (Fsp3) is 0. The molecule has 24 heavy (non-hydrogen) atoms. The summed E-state index contributed by atoms with van der Waals surface area (Å²) in [7, 11) is 0. The van der Waals surface area contributed by atoms with Gasteiger partial charge in [-0.15, -0.1) is 0 Å². The minimum atomic E-state index is -0.522. The van der Waals surface area contributed by atoms with Crippen LogP contribution in [0.25, 0.3) is 12.2 Å². The average Bonchev–Trinajstić information content (AvgIpc) is 2.62. The molecule has 1 aromatic heterocycles. The molecular weight excluding hydrogens is 305 g/mol. The van der Waals surface area contributed by atoms with Gasteiger partial charge in [0.15, 0.2) is 0 Å². The molecule has 0 saturated carbocycles. The highest BCUT2D eigenvalue weighted by Crippen LogP contribution is 2.16. The van der Waals surface area contributed by atoms with Gasteiger partial charge in [0.2, 0.25) is 0 Å². The van der Waals surface area contributed by atoms with Gasteiger partial charge in [0.1, 0.15) is 11.6 Å². The molecule has 3 rings (SSSR count). The van der Waals surface area contributed by atoms with Gasteiger partial charge in [-0.05, 0) is 60.2 Å². The van der Waals surface area contributed by atoms with E-state index in [2.05, 4.69) is 4.98 Å². The summed E-state index contributed by atoms with van der Waals surface area (Å²) in [6, 6.07) is 18.0. The molecule has 0 spiro atoms. The van der Waals surface area contributed by atoms with Crippen LogP contribution >= 0.6 is 0 Å². The van der Waals surface area contributed by atoms with Gasteiger partial charge in [-0.25, -0.2) is 9.18 Å². The third-order valence-corrected chi connectivity index (χ3v) is 3.30. The monoisotopic (exact) mass is 319 g/mol. The first-order valence-corrected chi connectivity index (χ1v) is 7.38. The normalized spacial score (nSPS) is 10.7. The number of carbonyl (C=O) groups excluding carboxylic acids is 1. The number of halogens is 1. The molecule has 118 valence electrons. The molecule has 2 aromatic carbocycles. The van der Waals surface area contributed by atoms with Crippen molar-refractivity contribution in [2.45, 2.75) is 0 Å². The molecule has 0 saturated heterocycles. The zero-order valence-corrected chi connectivity index (χ0v) is 12.7. The summed E-state index contributed by atoms with van der Waals surface area (Å²) >= 11 is 0. The first-order chi connectivity index (χ1) is 11.7. The molecule has 0 aliphatic heterocycles. The maximum absolute atomic E-state index is 12.9. The van der Waals surface area contributed by atoms with Crippen molar-refractivity contribution in [2.75, 3.05) is 0 Å². The first kappa shape index (κ1) is 15.6. The molecule has 3 aromatic rings. The molecule has 0 aliphatic rings. The topological polar surface area (TPSA) is 39.2 Å². The summed E-state index contributed by atoms with van der Waals surface area (Å²) in [5.41, 5.74) is 2.13. The summed E-state index contributed by atoms with van der Waals surface area (Å²) in [4.78, 5) is 16.2. The lowest BCUT2D eigenvalue weighted by atomic mass is 10.2. The van der Waals surface area contributed by atoms with Gasteiger partial charge < -0.3 is 4.74 Å². The number of hydrogen-bond acceptors (Lipinski definition) is 3. The van der Waals surface area contributed by atoms with E-state index in [-0.39, 0.29) is 0 Å². The van der Waals surface area contributed by atoms with Crippen LogP contribution in [-0.4, -0.2) is 11.0 Å². The van der Waals surface area contributed by atoms with Gasteiger partial charge in [0, 0.05) is 6.20 Å². The number of benzene rings is 2. The largest absolute Gasteiger partial charge is 0.423 e. The smallest absolute Gasteiger partial charge is 0.343 e. The van der Waals surface area contributed by atoms with E-state index in [9.17, 15) is 9.18 Å². The molecule has 0 bridgehead atoms. The molecule has 0 radical (unpaired) electrons. The SMILES string of the molecule is O=C(Oc1ccc(/C=C/c2ccccn2)cc1)c1ccc(F)cc1. The Labute approximate surface area is 139 Å². The third kappa shape index (κ3) is 4.14. The number of pyridine rings is 1. The maximum atomic E-state index is 12.9. The molecule has 0 unspecified atom stereocenters. The molecule has 0 fully saturated rings. The minimum Gasteiger partial charge on any atom is -0.423 e. The van der Waals surface area contributed by atoms with Crippen molar-refractivity contribution in [1.82, 2.24) is 4.98 Å². The van der Waals surface area contributed by atoms with E-state index in [1.807, 2.05) is 42.5 Å². The molecule has 3 nitrogen and oxygen atoms in total. The van der Waals surface area contributed by atoms with Crippen molar-refractivity contribution in [3.8, 4) is 5.75 Å². The number of hydrogen-bond donors (Lipinski definition) is 0. The minimum absolute atomic E-state index is 0.301. The van der Waals surface area contributed by atoms with Gasteiger partial charge in [0.05, 0.1) is 11.3 Å². The third-order valence-electron chi connectivity index (χ3n) is 3.30. The van der Waals surface area contributed by atoms with Crippen LogP contribution in [0.15, 0.2) is 72.9 Å². The quantitative estimate of drug-likeness (QED) is 0.521. The number of rotatable bonds is 4. The van der Waals surface area contributed by atoms with E-state index in [1.54, 1.807) is 18.3 Å². The Kier molecular flexibility index (Phi) is 4.77. The summed E-state index contributed by atoms with van der Waals surface area (Å²) in [5, 5.41) is 0. The lowest BCUT2D eigenvalue weighted by molar-refractivity contribution is 0.0734. The van der Waals surface area contributed by atoms with E-state index in [0.29, 0.717) is 11.3 Å². The number of aromatic nitrogens is 1. The van der Waals surface area contributed by atoms with Gasteiger partial charge >= 0.3 is 5.97 Å². The van der Waals surface area contributed by atoms with Gasteiger partial charge in [-0.3, -0.25) is 4.98 Å². The van der Waals surface area contributed by atoms with Crippen molar-refractivity contribution in [1.29, 1.82) is 0 Å². The van der Waals surface area contributed by atoms with E-state index < -0.39 is 11.8 Å². The van der Waals surface area contributed by atoms with E-state index in [4.69, 9.17) is 4.74 Å². The van der Waals surface area contributed by atoms with Crippen molar-refractivity contribution >= 4 is 18.1 Å². The second kappa shape index (κ2) is 7.33. The van der Waals surface area contributed by atoms with Gasteiger partial charge in [0.25, 0.3) is 0 Å². The van der Waals surface area contributed by atoms with Crippen LogP contribution in [0.1, 0.15) is 21.6 Å². The molecule has 0 atom stereocenters. The Morgan fingerprint density at radius 3 is 2.33 bits per heavy atom. The number of ether oxygens (including phenoxy) is 1. The lowest BCUT2D eigenvalue weighted by Gasteiger charge is -2.04. The zero-order chi connectivity index (χ0) is 16.8. The number of esters is 1. The van der Waals surface area contributed by atoms with Crippen molar-refractivity contribution in [2.24, 2.45) is 0 Å². The van der Waals surface area contributed by atoms with Crippen molar-refractivity contribution in [3.05, 3.63) is 95.6 Å². The van der Waals surface area contributed by atoms with E-state index >= 15 is 0 Å². The van der Waals surface area contributed by atoms with Crippen molar-refractivity contribution < 1.29 is 13.9 Å². The molecule has 0 aliphatic carbocycles. The Morgan fingerprint density at radius 1 is 0.917 bits per heavy atom. The standard InChI is InChI=1S/C20H14FNO2/c21-17-9-7-16(8-10-17)20(23)24-19-12-5-15(6-13-19)4-11-18-3-1-2-14-22-18/h1-14H/b11-4+.